The van der Waals surface area contributed by atoms with Gasteiger partial charge in [-0.05, 0) is 42.7 Å². The Hall–Kier alpha value is -3.30. The molecule has 0 bridgehead atoms. The molecule has 0 aliphatic carbocycles. The molecule has 0 amide bonds. The molecule has 0 aliphatic heterocycles. The van der Waals surface area contributed by atoms with Crippen molar-refractivity contribution in [3.05, 3.63) is 94.7 Å². The van der Waals surface area contributed by atoms with Crippen molar-refractivity contribution in [2.24, 2.45) is 0 Å². The monoisotopic (exact) mass is 654 g/mol. The van der Waals surface area contributed by atoms with Gasteiger partial charge in [-0.2, -0.15) is 36.5 Å². The zero-order valence-corrected chi connectivity index (χ0v) is 21.6. The number of hydrogen-bond donors (Lipinski definition) is 0. The summed E-state index contributed by atoms with van der Waals surface area (Å²) in [5, 5.41) is 13.3. The van der Waals surface area contributed by atoms with Crippen molar-refractivity contribution in [1.82, 2.24) is 19.7 Å². The van der Waals surface area contributed by atoms with Gasteiger partial charge in [-0.25, -0.2) is 5.26 Å². The SMILES string of the molecule is Cc1c[c-]c(-c2cccc(C(C)(C)c3nn(-c4[c-]cc(C#N)cc4)cc3C(F)(F)F)n2)c(C)n1.[Pt+2]. The Morgan fingerprint density at radius 2 is 1.74 bits per heavy atom. The van der Waals surface area contributed by atoms with Gasteiger partial charge in [0.25, 0.3) is 0 Å². The maximum atomic E-state index is 14.0. The molecule has 3 aromatic heterocycles. The molecule has 5 nitrogen and oxygen atoms in total. The Labute approximate surface area is 215 Å². The molecule has 0 aliphatic rings. The fourth-order valence-corrected chi connectivity index (χ4v) is 3.73. The van der Waals surface area contributed by atoms with Crippen molar-refractivity contribution in [2.45, 2.75) is 39.3 Å². The Morgan fingerprint density at radius 3 is 2.34 bits per heavy atom. The van der Waals surface area contributed by atoms with Crippen LogP contribution < -0.4 is 0 Å². The first kappa shape index (κ1) is 26.3. The van der Waals surface area contributed by atoms with Crippen LogP contribution in [-0.4, -0.2) is 19.7 Å². The number of benzene rings is 1. The Morgan fingerprint density at radius 1 is 1.00 bits per heavy atom. The van der Waals surface area contributed by atoms with Gasteiger partial charge in [-0.1, -0.05) is 31.5 Å². The van der Waals surface area contributed by atoms with Gasteiger partial charge in [0.1, 0.15) is 0 Å². The Kier molecular flexibility index (Phi) is 7.33. The predicted octanol–water partition coefficient (Wildman–Crippen LogP) is 5.76. The Balaban J connectivity index is 0.00000342. The zero-order chi connectivity index (χ0) is 24.7. The molecule has 0 unspecified atom stereocenters. The van der Waals surface area contributed by atoms with Crippen LogP contribution in [0.4, 0.5) is 13.2 Å². The summed E-state index contributed by atoms with van der Waals surface area (Å²) < 4.78 is 43.2. The molecule has 180 valence electrons. The molecule has 0 atom stereocenters. The third kappa shape index (κ3) is 5.20. The zero-order valence-electron chi connectivity index (χ0n) is 19.3. The molecule has 4 rings (SSSR count). The van der Waals surface area contributed by atoms with Crippen LogP contribution in [0.2, 0.25) is 0 Å². The number of rotatable bonds is 4. The second-order valence-electron chi connectivity index (χ2n) is 8.44. The first-order valence-electron chi connectivity index (χ1n) is 10.4. The third-order valence-electron chi connectivity index (χ3n) is 5.56. The van der Waals surface area contributed by atoms with Gasteiger partial charge in [0.15, 0.2) is 0 Å². The summed E-state index contributed by atoms with van der Waals surface area (Å²) in [6, 6.07) is 19.3. The summed E-state index contributed by atoms with van der Waals surface area (Å²) >= 11 is 0. The van der Waals surface area contributed by atoms with E-state index in [4.69, 9.17) is 5.26 Å². The van der Waals surface area contributed by atoms with Gasteiger partial charge in [-0.3, -0.25) is 4.68 Å². The fourth-order valence-electron chi connectivity index (χ4n) is 3.73. The average Bonchev–Trinajstić information content (AvgIpc) is 3.26. The van der Waals surface area contributed by atoms with Gasteiger partial charge in [-0.15, -0.1) is 23.8 Å². The summed E-state index contributed by atoms with van der Waals surface area (Å²) in [5.74, 6) is 0. The minimum absolute atomic E-state index is 0. The number of hydrogen-bond acceptors (Lipinski definition) is 4. The normalized spacial score (nSPS) is 11.6. The molecule has 35 heavy (non-hydrogen) atoms. The van der Waals surface area contributed by atoms with Gasteiger partial charge >= 0.3 is 27.2 Å². The van der Waals surface area contributed by atoms with Gasteiger partial charge in [0.05, 0.1) is 16.7 Å². The van der Waals surface area contributed by atoms with Crippen molar-refractivity contribution in [3.8, 4) is 23.0 Å². The largest absolute Gasteiger partial charge is 2.00 e. The second-order valence-corrected chi connectivity index (χ2v) is 8.44. The first-order chi connectivity index (χ1) is 16.0. The minimum Gasteiger partial charge on any atom is -0.354 e. The summed E-state index contributed by atoms with van der Waals surface area (Å²) in [4.78, 5) is 9.11. The molecular formula is C26H20F3N5Pt. The van der Waals surface area contributed by atoms with E-state index in [1.165, 1.54) is 18.2 Å². The van der Waals surface area contributed by atoms with Crippen molar-refractivity contribution in [1.29, 1.82) is 5.26 Å². The maximum absolute atomic E-state index is 14.0. The van der Waals surface area contributed by atoms with Gasteiger partial charge in [0, 0.05) is 18.0 Å². The van der Waals surface area contributed by atoms with E-state index in [1.807, 2.05) is 19.9 Å². The van der Waals surface area contributed by atoms with E-state index in [0.717, 1.165) is 22.3 Å². The number of nitrogens with zero attached hydrogens (tertiary/aromatic N) is 5. The molecular weight excluding hydrogens is 634 g/mol. The van der Waals surface area contributed by atoms with E-state index in [9.17, 15) is 13.2 Å². The van der Waals surface area contributed by atoms with E-state index in [-0.39, 0.29) is 26.8 Å². The van der Waals surface area contributed by atoms with Gasteiger partial charge < -0.3 is 9.97 Å². The van der Waals surface area contributed by atoms with Crippen molar-refractivity contribution in [2.75, 3.05) is 0 Å². The molecule has 0 N–H and O–H groups in total. The number of alkyl halides is 3. The van der Waals surface area contributed by atoms with E-state index in [2.05, 4.69) is 27.2 Å². The molecule has 0 spiro atoms. The molecule has 1 aromatic carbocycles. The minimum atomic E-state index is -4.62. The van der Waals surface area contributed by atoms with Crippen LogP contribution in [0, 0.1) is 37.3 Å². The number of nitriles is 1. The number of aromatic nitrogens is 4. The van der Waals surface area contributed by atoms with Crippen molar-refractivity contribution >= 4 is 0 Å². The smallest absolute Gasteiger partial charge is 0.354 e. The average molecular weight is 655 g/mol. The summed E-state index contributed by atoms with van der Waals surface area (Å²) in [6.07, 6.45) is -3.68. The van der Waals surface area contributed by atoms with Gasteiger partial charge in [0.2, 0.25) is 0 Å². The van der Waals surface area contributed by atoms with Crippen LogP contribution in [0.15, 0.2) is 48.7 Å². The van der Waals surface area contributed by atoms with E-state index < -0.39 is 17.2 Å². The molecule has 0 radical (unpaired) electrons. The molecule has 4 aromatic rings. The van der Waals surface area contributed by atoms with Crippen LogP contribution in [0.3, 0.4) is 0 Å². The van der Waals surface area contributed by atoms with Crippen LogP contribution in [0.5, 0.6) is 0 Å². The van der Waals surface area contributed by atoms with Crippen molar-refractivity contribution in [3.63, 3.8) is 0 Å². The molecule has 3 heterocycles. The first-order valence-corrected chi connectivity index (χ1v) is 10.4. The third-order valence-corrected chi connectivity index (χ3v) is 5.56. The Bertz CT molecular complexity index is 1400. The van der Waals surface area contributed by atoms with Crippen LogP contribution in [0.1, 0.15) is 47.8 Å². The fraction of sp³-hybridized carbons (Fsp3) is 0.231. The summed E-state index contributed by atoms with van der Waals surface area (Å²) in [5.41, 5.74) is 1.70. The number of pyridine rings is 2. The predicted molar refractivity (Wildman–Crippen MR) is 120 cm³/mol. The van der Waals surface area contributed by atoms with Crippen LogP contribution >= 0.6 is 0 Å². The van der Waals surface area contributed by atoms with Crippen molar-refractivity contribution < 1.29 is 34.2 Å². The standard InChI is InChI=1S/C26H20F3N5.Pt/c1-16-8-13-20(17(2)31-16)22-6-5-7-23(32-22)25(3,4)24-21(26(27,28)29)15-34(33-24)19-11-9-18(14-30)10-12-19;/h5-11,15H,1-4H3;/q-2;+2. The number of aryl methyl sites for hydroxylation is 2. The second kappa shape index (κ2) is 9.75. The van der Waals surface area contributed by atoms with E-state index in [0.29, 0.717) is 28.2 Å². The van der Waals surface area contributed by atoms with E-state index in [1.54, 1.807) is 38.1 Å². The molecule has 0 fully saturated rings. The molecule has 0 saturated carbocycles. The summed E-state index contributed by atoms with van der Waals surface area (Å²) in [6.45, 7) is 7.03. The topological polar surface area (TPSA) is 67.4 Å². The maximum Gasteiger partial charge on any atom is 2.00 e. The quantitative estimate of drug-likeness (QED) is 0.263. The molecule has 9 heteroatoms. The molecule has 0 saturated heterocycles. The van der Waals surface area contributed by atoms with Crippen LogP contribution in [0.25, 0.3) is 16.9 Å². The van der Waals surface area contributed by atoms with E-state index >= 15 is 0 Å². The number of halogens is 3. The summed E-state index contributed by atoms with van der Waals surface area (Å²) in [7, 11) is 0. The van der Waals surface area contributed by atoms with Crippen LogP contribution in [-0.2, 0) is 32.7 Å².